The first kappa shape index (κ1) is 16.5. The first-order valence-electron chi connectivity index (χ1n) is 6.20. The highest BCUT2D eigenvalue weighted by Gasteiger charge is 2.36. The molecule has 2 aliphatic heterocycles. The van der Waals surface area contributed by atoms with E-state index in [9.17, 15) is 18.0 Å². The molecule has 2 rings (SSSR count). The summed E-state index contributed by atoms with van der Waals surface area (Å²) in [6.07, 6.45) is -1.21. The quantitative estimate of drug-likeness (QED) is 0.681. The number of hydrogen-bond donors (Lipinski definition) is 2. The Morgan fingerprint density at radius 2 is 1.95 bits per heavy atom. The van der Waals surface area contributed by atoms with E-state index in [0.29, 0.717) is 0 Å². The molecule has 0 spiro atoms. The fourth-order valence-corrected chi connectivity index (χ4v) is 1.66. The van der Waals surface area contributed by atoms with Crippen LogP contribution in [-0.2, 0) is 4.79 Å². The molecule has 0 unspecified atom stereocenters. The minimum absolute atomic E-state index is 0.0557. The largest absolute Gasteiger partial charge is 0.484 e. The maximum atomic E-state index is 12.1. The van der Waals surface area contributed by atoms with Crippen LogP contribution >= 0.6 is 0 Å². The number of nitrogens with two attached hydrogens (primary N) is 1. The van der Waals surface area contributed by atoms with Gasteiger partial charge in [-0.25, -0.2) is 0 Å². The van der Waals surface area contributed by atoms with Gasteiger partial charge in [0.15, 0.2) is 0 Å². The molecular formula is C12H19F3N4O. The third-order valence-electron chi connectivity index (χ3n) is 2.89. The van der Waals surface area contributed by atoms with Crippen molar-refractivity contribution in [2.24, 2.45) is 5.73 Å². The van der Waals surface area contributed by atoms with Crippen LogP contribution in [0.25, 0.3) is 0 Å². The topological polar surface area (TPSA) is 61.6 Å². The van der Waals surface area contributed by atoms with Gasteiger partial charge in [-0.15, -0.1) is 0 Å². The summed E-state index contributed by atoms with van der Waals surface area (Å²) in [6.45, 7) is 4.22. The number of allylic oxidation sites excluding steroid dienone is 2. The van der Waals surface area contributed by atoms with Crippen molar-refractivity contribution in [2.45, 2.75) is 6.30 Å². The van der Waals surface area contributed by atoms with E-state index < -0.39 is 18.8 Å². The molecule has 0 aliphatic carbocycles. The van der Waals surface area contributed by atoms with Gasteiger partial charge in [0.2, 0.25) is 5.91 Å². The number of primary amides is 1. The Morgan fingerprint density at radius 1 is 1.35 bits per heavy atom. The number of carbonyl (C=O) groups is 1. The van der Waals surface area contributed by atoms with Gasteiger partial charge in [0.1, 0.15) is 0 Å². The van der Waals surface area contributed by atoms with E-state index in [2.05, 4.69) is 17.3 Å². The standard InChI is InChI=1S/C7H7F3N2O.C5H12N2/c8-7(9,10)12-3-1-2-5(4-12)6(11)13;1-7-4-2-6-3-5-7/h1-3H,4H2,(H2,11,13);6H,2-5H2,1H3. The van der Waals surface area contributed by atoms with Crippen molar-refractivity contribution in [2.75, 3.05) is 39.8 Å². The van der Waals surface area contributed by atoms with Gasteiger partial charge in [0.05, 0.1) is 6.54 Å². The second-order valence-electron chi connectivity index (χ2n) is 4.55. The molecule has 114 valence electrons. The molecule has 0 bridgehead atoms. The van der Waals surface area contributed by atoms with Gasteiger partial charge >= 0.3 is 6.30 Å². The molecule has 2 heterocycles. The number of piperazine rings is 1. The Kier molecular flexibility index (Phi) is 6.03. The average molecular weight is 292 g/mol. The number of alkyl halides is 3. The first-order valence-corrected chi connectivity index (χ1v) is 6.20. The van der Waals surface area contributed by atoms with Crippen LogP contribution in [0.3, 0.4) is 0 Å². The van der Waals surface area contributed by atoms with Crippen molar-refractivity contribution < 1.29 is 18.0 Å². The van der Waals surface area contributed by atoms with Gasteiger partial charge in [-0.05, 0) is 13.1 Å². The maximum absolute atomic E-state index is 12.1. The molecule has 0 radical (unpaired) electrons. The third-order valence-corrected chi connectivity index (χ3v) is 2.89. The smallest absolute Gasteiger partial charge is 0.366 e. The van der Waals surface area contributed by atoms with Crippen LogP contribution < -0.4 is 11.1 Å². The highest BCUT2D eigenvalue weighted by molar-refractivity contribution is 5.92. The lowest BCUT2D eigenvalue weighted by Crippen LogP contribution is -2.40. The van der Waals surface area contributed by atoms with E-state index in [1.807, 2.05) is 0 Å². The Morgan fingerprint density at radius 3 is 2.35 bits per heavy atom. The van der Waals surface area contributed by atoms with Gasteiger partial charge < -0.3 is 16.0 Å². The fraction of sp³-hybridized carbons (Fsp3) is 0.583. The zero-order valence-electron chi connectivity index (χ0n) is 11.3. The van der Waals surface area contributed by atoms with Crippen molar-refractivity contribution in [1.82, 2.24) is 15.1 Å². The van der Waals surface area contributed by atoms with Crippen LogP contribution in [0.2, 0.25) is 0 Å². The normalized spacial score (nSPS) is 20.0. The number of amides is 1. The van der Waals surface area contributed by atoms with E-state index in [4.69, 9.17) is 5.73 Å². The van der Waals surface area contributed by atoms with Crippen molar-refractivity contribution in [3.8, 4) is 0 Å². The zero-order chi connectivity index (χ0) is 15.2. The maximum Gasteiger partial charge on any atom is 0.484 e. The Balaban J connectivity index is 0.000000240. The lowest BCUT2D eigenvalue weighted by atomic mass is 10.2. The molecule has 1 amide bonds. The van der Waals surface area contributed by atoms with Crippen LogP contribution in [0.4, 0.5) is 13.2 Å². The summed E-state index contributed by atoms with van der Waals surface area (Å²) >= 11 is 0. The van der Waals surface area contributed by atoms with E-state index in [1.54, 1.807) is 0 Å². The molecule has 20 heavy (non-hydrogen) atoms. The number of nitrogens with zero attached hydrogens (tertiary/aromatic N) is 2. The Bertz CT molecular complexity index is 387. The van der Waals surface area contributed by atoms with Gasteiger partial charge in [-0.2, -0.15) is 13.2 Å². The second kappa shape index (κ2) is 7.30. The van der Waals surface area contributed by atoms with Crippen molar-refractivity contribution >= 4 is 5.91 Å². The molecular weight excluding hydrogens is 273 g/mol. The fourth-order valence-electron chi connectivity index (χ4n) is 1.66. The van der Waals surface area contributed by atoms with Crippen LogP contribution in [0.15, 0.2) is 23.9 Å². The number of rotatable bonds is 1. The SMILES string of the molecule is CN1CCNCC1.NC(=O)C1=CC=CN(C(F)(F)F)C1. The molecule has 0 saturated carbocycles. The minimum Gasteiger partial charge on any atom is -0.366 e. The lowest BCUT2D eigenvalue weighted by molar-refractivity contribution is -0.225. The van der Waals surface area contributed by atoms with E-state index in [1.165, 1.54) is 19.2 Å². The lowest BCUT2D eigenvalue weighted by Gasteiger charge is -2.25. The summed E-state index contributed by atoms with van der Waals surface area (Å²) in [5.74, 6) is -0.835. The molecule has 0 aromatic rings. The highest BCUT2D eigenvalue weighted by Crippen LogP contribution is 2.24. The Labute approximate surface area is 115 Å². The van der Waals surface area contributed by atoms with Gasteiger partial charge in [0.25, 0.3) is 0 Å². The van der Waals surface area contributed by atoms with E-state index in [0.717, 1.165) is 25.4 Å². The predicted molar refractivity (Wildman–Crippen MR) is 69.5 cm³/mol. The summed E-state index contributed by atoms with van der Waals surface area (Å²) in [4.78, 5) is 13.0. The average Bonchev–Trinajstić information content (AvgIpc) is 2.39. The summed E-state index contributed by atoms with van der Waals surface area (Å²) in [5, 5.41) is 3.27. The van der Waals surface area contributed by atoms with Gasteiger partial charge in [0, 0.05) is 38.0 Å². The van der Waals surface area contributed by atoms with Crippen molar-refractivity contribution in [3.05, 3.63) is 23.9 Å². The summed E-state index contributed by atoms with van der Waals surface area (Å²) in [5.41, 5.74) is 4.78. The number of halogens is 3. The van der Waals surface area contributed by atoms with E-state index in [-0.39, 0.29) is 10.5 Å². The molecule has 0 aromatic carbocycles. The number of carbonyl (C=O) groups excluding carboxylic acids is 1. The van der Waals surface area contributed by atoms with Crippen LogP contribution in [0, 0.1) is 0 Å². The van der Waals surface area contributed by atoms with Gasteiger partial charge in [-0.3, -0.25) is 9.69 Å². The predicted octanol–water partition coefficient (Wildman–Crippen LogP) is 0.269. The van der Waals surface area contributed by atoms with Crippen LogP contribution in [0.1, 0.15) is 0 Å². The number of nitrogens with one attached hydrogen (secondary N) is 1. The molecule has 5 nitrogen and oxygen atoms in total. The molecule has 0 aromatic heterocycles. The summed E-state index contributed by atoms with van der Waals surface area (Å²) in [6, 6.07) is 0. The van der Waals surface area contributed by atoms with Crippen molar-refractivity contribution in [1.29, 1.82) is 0 Å². The van der Waals surface area contributed by atoms with Gasteiger partial charge in [-0.1, -0.05) is 6.08 Å². The summed E-state index contributed by atoms with van der Waals surface area (Å²) in [7, 11) is 2.15. The summed E-state index contributed by atoms with van der Waals surface area (Å²) < 4.78 is 36.2. The Hall–Kier alpha value is -1.54. The minimum atomic E-state index is -4.47. The van der Waals surface area contributed by atoms with Crippen molar-refractivity contribution in [3.63, 3.8) is 0 Å². The molecule has 1 saturated heterocycles. The monoisotopic (exact) mass is 292 g/mol. The molecule has 0 atom stereocenters. The highest BCUT2D eigenvalue weighted by atomic mass is 19.4. The molecule has 8 heteroatoms. The van der Waals surface area contributed by atoms with Crippen LogP contribution in [0.5, 0.6) is 0 Å². The van der Waals surface area contributed by atoms with Crippen LogP contribution in [-0.4, -0.2) is 61.8 Å². The molecule has 2 aliphatic rings. The zero-order valence-corrected chi connectivity index (χ0v) is 11.3. The molecule has 1 fully saturated rings. The second-order valence-corrected chi connectivity index (χ2v) is 4.55. The molecule has 3 N–H and O–H groups in total. The number of hydrogen-bond acceptors (Lipinski definition) is 4. The third kappa shape index (κ3) is 5.62. The number of likely N-dealkylation sites (N-methyl/N-ethyl adjacent to an activating group) is 1. The van der Waals surface area contributed by atoms with E-state index >= 15 is 0 Å². The first-order chi connectivity index (χ1) is 9.30.